The molecular formula is C18H16O2Se2. The van der Waals surface area contributed by atoms with Crippen LogP contribution in [0.4, 0.5) is 0 Å². The van der Waals surface area contributed by atoms with Crippen molar-refractivity contribution in [1.82, 2.24) is 0 Å². The summed E-state index contributed by atoms with van der Waals surface area (Å²) in [5.74, 6) is 1.77. The van der Waals surface area contributed by atoms with Crippen molar-refractivity contribution in [3.05, 3.63) is 65.6 Å². The fourth-order valence-corrected chi connectivity index (χ4v) is 5.02. The van der Waals surface area contributed by atoms with Crippen LogP contribution >= 0.6 is 0 Å². The van der Waals surface area contributed by atoms with E-state index in [-0.39, 0.29) is 0 Å². The Kier molecular flexibility index (Phi) is 5.07. The molecule has 0 aliphatic carbocycles. The Labute approximate surface area is 141 Å². The summed E-state index contributed by atoms with van der Waals surface area (Å²) >= 11 is 0.845. The Morgan fingerprint density at radius 3 is 1.55 bits per heavy atom. The molecule has 4 heteroatoms. The molecule has 0 atom stereocenters. The van der Waals surface area contributed by atoms with Crippen LogP contribution in [0.3, 0.4) is 0 Å². The molecule has 0 fully saturated rings. The second-order valence-corrected chi connectivity index (χ2v) is 8.76. The van der Waals surface area contributed by atoms with E-state index in [0.717, 1.165) is 21.9 Å². The Hall–Kier alpha value is -1.44. The molecule has 0 aliphatic heterocycles. The summed E-state index contributed by atoms with van der Waals surface area (Å²) in [6.45, 7) is 0. The molecule has 0 unspecified atom stereocenters. The van der Waals surface area contributed by atoms with Gasteiger partial charge in [0.25, 0.3) is 0 Å². The first-order valence-electron chi connectivity index (χ1n) is 6.82. The normalized spacial score (nSPS) is 12.6. The molecule has 0 saturated carbocycles. The second kappa shape index (κ2) is 7.21. The van der Waals surface area contributed by atoms with Crippen molar-refractivity contribution in [2.24, 2.45) is 0 Å². The molecule has 1 aromatic carbocycles. The quantitative estimate of drug-likeness (QED) is 0.594. The predicted octanol–water partition coefficient (Wildman–Crippen LogP) is 1.48. The molecule has 22 heavy (non-hydrogen) atoms. The monoisotopic (exact) mass is 424 g/mol. The summed E-state index contributed by atoms with van der Waals surface area (Å²) in [5.41, 5.74) is 0. The molecule has 2 heterocycles. The summed E-state index contributed by atoms with van der Waals surface area (Å²) < 4.78 is 13.9. The van der Waals surface area contributed by atoms with E-state index >= 15 is 0 Å². The third kappa shape index (κ3) is 3.48. The van der Waals surface area contributed by atoms with E-state index in [1.165, 1.54) is 8.87 Å². The van der Waals surface area contributed by atoms with Crippen LogP contribution in [0.25, 0.3) is 12.2 Å². The van der Waals surface area contributed by atoms with Gasteiger partial charge in [-0.15, -0.1) is 0 Å². The van der Waals surface area contributed by atoms with Crippen LogP contribution in [-0.2, 0) is 0 Å². The number of ether oxygens (including phenoxy) is 2. The van der Waals surface area contributed by atoms with Gasteiger partial charge in [0, 0.05) is 0 Å². The molecule has 0 amide bonds. The van der Waals surface area contributed by atoms with E-state index in [1.807, 2.05) is 0 Å². The van der Waals surface area contributed by atoms with Crippen molar-refractivity contribution in [1.29, 1.82) is 0 Å². The van der Waals surface area contributed by atoms with Gasteiger partial charge >= 0.3 is 142 Å². The molecule has 2 nitrogen and oxygen atoms in total. The number of methoxy groups -OCH3 is 2. The van der Waals surface area contributed by atoms with Crippen LogP contribution in [0.1, 0.15) is 8.87 Å². The van der Waals surface area contributed by atoms with Gasteiger partial charge in [0.15, 0.2) is 0 Å². The van der Waals surface area contributed by atoms with Gasteiger partial charge in [-0.2, -0.15) is 0 Å². The summed E-state index contributed by atoms with van der Waals surface area (Å²) in [5, 5.41) is 2.13. The van der Waals surface area contributed by atoms with Crippen molar-refractivity contribution in [3.63, 3.8) is 0 Å². The van der Waals surface area contributed by atoms with Crippen molar-refractivity contribution < 1.29 is 9.47 Å². The molecular weight excluding hydrogens is 406 g/mol. The fraction of sp³-hybridized carbons (Fsp3) is 0.111. The maximum absolute atomic E-state index is 5.58. The van der Waals surface area contributed by atoms with E-state index in [2.05, 4.69) is 58.4 Å². The van der Waals surface area contributed by atoms with Crippen LogP contribution in [0, 0.1) is 0 Å². The molecule has 0 spiro atoms. The van der Waals surface area contributed by atoms with E-state index in [9.17, 15) is 0 Å². The van der Waals surface area contributed by atoms with Gasteiger partial charge in [0.2, 0.25) is 0 Å². The Morgan fingerprint density at radius 2 is 1.23 bits per heavy atom. The van der Waals surface area contributed by atoms with Gasteiger partial charge in [0.05, 0.1) is 0 Å². The first-order valence-corrected chi connectivity index (χ1v) is 10.5. The van der Waals surface area contributed by atoms with Gasteiger partial charge in [-0.3, -0.25) is 0 Å². The topological polar surface area (TPSA) is 18.5 Å². The number of hydrogen-bond acceptors (Lipinski definition) is 2. The Morgan fingerprint density at radius 1 is 0.773 bits per heavy atom. The van der Waals surface area contributed by atoms with Crippen molar-refractivity contribution in [2.45, 2.75) is 0 Å². The van der Waals surface area contributed by atoms with Crippen LogP contribution in [0.5, 0.6) is 11.5 Å². The average molecular weight is 422 g/mol. The first-order chi connectivity index (χ1) is 10.8. The maximum atomic E-state index is 5.58. The fourth-order valence-electron chi connectivity index (χ4n) is 2.22. The van der Waals surface area contributed by atoms with Crippen LogP contribution in [0.15, 0.2) is 46.3 Å². The molecule has 3 aromatic rings. The molecule has 112 valence electrons. The van der Waals surface area contributed by atoms with E-state index in [0.29, 0.717) is 29.0 Å². The van der Waals surface area contributed by atoms with Crippen LogP contribution in [-0.4, -0.2) is 43.2 Å². The number of hydrogen-bond donors (Lipinski definition) is 0. The SMILES string of the molecule is COc1cc(=Cc2ccc[se]2)c(OC)cc1=Cc1ccc[se]1. The third-order valence-electron chi connectivity index (χ3n) is 3.26. The van der Waals surface area contributed by atoms with Gasteiger partial charge in [-0.25, -0.2) is 0 Å². The van der Waals surface area contributed by atoms with Crippen molar-refractivity contribution >= 4 is 41.2 Å². The van der Waals surface area contributed by atoms with Gasteiger partial charge < -0.3 is 0 Å². The van der Waals surface area contributed by atoms with Gasteiger partial charge in [-0.05, 0) is 0 Å². The van der Waals surface area contributed by atoms with Crippen molar-refractivity contribution in [2.75, 3.05) is 14.2 Å². The summed E-state index contributed by atoms with van der Waals surface area (Å²) in [6.07, 6.45) is 4.37. The molecule has 0 bridgehead atoms. The van der Waals surface area contributed by atoms with Crippen LogP contribution in [0.2, 0.25) is 0 Å². The molecule has 0 saturated heterocycles. The molecule has 0 N–H and O–H groups in total. The molecule has 0 aliphatic rings. The summed E-state index contributed by atoms with van der Waals surface area (Å²) in [7, 11) is 3.44. The van der Waals surface area contributed by atoms with Crippen LogP contribution < -0.4 is 19.9 Å². The zero-order valence-corrected chi connectivity index (χ0v) is 15.8. The number of rotatable bonds is 4. The zero-order chi connectivity index (χ0) is 15.4. The molecule has 3 rings (SSSR count). The van der Waals surface area contributed by atoms with Crippen molar-refractivity contribution in [3.8, 4) is 11.5 Å². The van der Waals surface area contributed by atoms with Gasteiger partial charge in [-0.1, -0.05) is 0 Å². The minimum absolute atomic E-state index is 0.423. The summed E-state index contributed by atoms with van der Waals surface area (Å²) in [4.78, 5) is 4.43. The Balaban J connectivity index is 2.19. The van der Waals surface area contributed by atoms with E-state index in [1.54, 1.807) is 14.2 Å². The predicted molar refractivity (Wildman–Crippen MR) is 92.7 cm³/mol. The standard InChI is InChI=1S/C18H16O2Se2/c1-19-17-11-14(10-16-6-4-8-22-16)18(20-2)12-13(17)9-15-5-3-7-21-15/h3-12H,1-2H3. The Bertz CT molecular complexity index is 773. The van der Waals surface area contributed by atoms with E-state index < -0.39 is 0 Å². The zero-order valence-electron chi connectivity index (χ0n) is 12.4. The molecule has 0 radical (unpaired) electrons. The summed E-state index contributed by atoms with van der Waals surface area (Å²) in [6, 6.07) is 12.7. The first kappa shape index (κ1) is 15.5. The third-order valence-corrected chi connectivity index (χ3v) is 6.70. The second-order valence-electron chi connectivity index (χ2n) is 4.66. The van der Waals surface area contributed by atoms with E-state index in [4.69, 9.17) is 9.47 Å². The van der Waals surface area contributed by atoms with Gasteiger partial charge in [0.1, 0.15) is 0 Å². The minimum atomic E-state index is 0.423. The molecule has 2 aromatic heterocycles. The number of benzene rings is 1. The average Bonchev–Trinajstić information content (AvgIpc) is 3.22.